The Kier molecular flexibility index (Phi) is 4.78. The van der Waals surface area contributed by atoms with Gasteiger partial charge < -0.3 is 4.90 Å². The minimum atomic E-state index is -0.176. The molecule has 3 rings (SSSR count). The molecule has 2 aliphatic rings. The number of thioether (sulfide) groups is 1. The van der Waals surface area contributed by atoms with Gasteiger partial charge in [0.2, 0.25) is 0 Å². The van der Waals surface area contributed by atoms with E-state index in [2.05, 4.69) is 57.9 Å². The maximum Gasteiger partial charge on any atom is 0.293 e. The number of amides is 2. The maximum absolute atomic E-state index is 12.5. The number of hydrogen-bond donors (Lipinski definition) is 0. The standard InChI is InChI=1S/C21H26N2O2S/c1-7-8-23-19(24)18(26-20(23)25)11-15-10-16-14(3)12-21(4,5)22(6)17(16)9-13(15)2/h9-12H,7-8H2,1-6H3/b18-11+. The van der Waals surface area contributed by atoms with Crippen LogP contribution in [0.3, 0.4) is 0 Å². The maximum atomic E-state index is 12.5. The summed E-state index contributed by atoms with van der Waals surface area (Å²) in [7, 11) is 2.11. The Bertz CT molecular complexity index is 852. The Labute approximate surface area is 159 Å². The van der Waals surface area contributed by atoms with Crippen LogP contribution in [0.25, 0.3) is 11.6 Å². The number of nitrogens with zero attached hydrogens (tertiary/aromatic N) is 2. The van der Waals surface area contributed by atoms with Crippen LogP contribution in [0.15, 0.2) is 23.1 Å². The molecule has 0 aromatic heterocycles. The predicted octanol–water partition coefficient (Wildman–Crippen LogP) is 5.07. The molecule has 138 valence electrons. The Morgan fingerprint density at radius 3 is 2.54 bits per heavy atom. The fourth-order valence-corrected chi connectivity index (χ4v) is 4.39. The van der Waals surface area contributed by atoms with Crippen molar-refractivity contribution in [2.24, 2.45) is 0 Å². The minimum absolute atomic E-state index is 0.0339. The lowest BCUT2D eigenvalue weighted by atomic mass is 9.87. The van der Waals surface area contributed by atoms with E-state index in [1.165, 1.54) is 21.7 Å². The topological polar surface area (TPSA) is 40.6 Å². The lowest BCUT2D eigenvalue weighted by Crippen LogP contribution is -2.42. The number of anilines is 1. The molecule has 2 amide bonds. The van der Waals surface area contributed by atoms with Crippen molar-refractivity contribution in [3.63, 3.8) is 0 Å². The van der Waals surface area contributed by atoms with Crippen LogP contribution in [0.4, 0.5) is 10.5 Å². The number of hydrogen-bond acceptors (Lipinski definition) is 4. The summed E-state index contributed by atoms with van der Waals surface area (Å²) in [6, 6.07) is 4.31. The number of fused-ring (bicyclic) bond motifs is 1. The number of aryl methyl sites for hydroxylation is 1. The Morgan fingerprint density at radius 1 is 1.19 bits per heavy atom. The molecule has 0 saturated carbocycles. The number of rotatable bonds is 3. The van der Waals surface area contributed by atoms with Crippen LogP contribution in [0.2, 0.25) is 0 Å². The van der Waals surface area contributed by atoms with Gasteiger partial charge in [-0.05, 0) is 80.8 Å². The number of imide groups is 1. The van der Waals surface area contributed by atoms with E-state index >= 15 is 0 Å². The number of allylic oxidation sites excluding steroid dienone is 1. The first-order chi connectivity index (χ1) is 12.2. The molecule has 2 heterocycles. The zero-order valence-corrected chi connectivity index (χ0v) is 17.2. The zero-order chi connectivity index (χ0) is 19.2. The Hall–Kier alpha value is -2.01. The number of likely N-dealkylation sites (N-methyl/N-ethyl adjacent to an activating group) is 1. The molecule has 0 radical (unpaired) electrons. The molecular weight excluding hydrogens is 344 g/mol. The van der Waals surface area contributed by atoms with E-state index in [-0.39, 0.29) is 16.7 Å². The molecule has 1 saturated heterocycles. The van der Waals surface area contributed by atoms with Crippen molar-refractivity contribution in [2.45, 2.75) is 46.6 Å². The average Bonchev–Trinajstić information content (AvgIpc) is 2.82. The highest BCUT2D eigenvalue weighted by Gasteiger charge is 2.34. The molecule has 0 N–H and O–H groups in total. The first kappa shape index (κ1) is 18.8. The largest absolute Gasteiger partial charge is 0.365 e. The highest BCUT2D eigenvalue weighted by Crippen LogP contribution is 2.40. The molecule has 4 nitrogen and oxygen atoms in total. The smallest absolute Gasteiger partial charge is 0.293 e. The van der Waals surface area contributed by atoms with Crippen LogP contribution in [0.1, 0.15) is 50.8 Å². The van der Waals surface area contributed by atoms with Crippen molar-refractivity contribution in [3.05, 3.63) is 39.8 Å². The molecule has 1 aromatic carbocycles. The molecular formula is C21H26N2O2S. The van der Waals surface area contributed by atoms with Gasteiger partial charge in [-0.25, -0.2) is 0 Å². The van der Waals surface area contributed by atoms with Crippen molar-refractivity contribution in [3.8, 4) is 0 Å². The molecule has 1 fully saturated rings. The molecule has 2 aliphatic heterocycles. The third-order valence-electron chi connectivity index (χ3n) is 5.21. The summed E-state index contributed by atoms with van der Waals surface area (Å²) in [5.74, 6) is -0.176. The summed E-state index contributed by atoms with van der Waals surface area (Å²) >= 11 is 1.04. The second kappa shape index (κ2) is 6.62. The van der Waals surface area contributed by atoms with Crippen LogP contribution in [-0.4, -0.2) is 35.2 Å². The van der Waals surface area contributed by atoms with E-state index in [0.29, 0.717) is 11.4 Å². The van der Waals surface area contributed by atoms with E-state index < -0.39 is 0 Å². The van der Waals surface area contributed by atoms with Crippen molar-refractivity contribution in [2.75, 3.05) is 18.5 Å². The molecule has 1 aromatic rings. The van der Waals surface area contributed by atoms with Crippen molar-refractivity contribution >= 4 is 40.2 Å². The second-order valence-corrected chi connectivity index (χ2v) is 8.59. The molecule has 0 aliphatic carbocycles. The predicted molar refractivity (Wildman–Crippen MR) is 110 cm³/mol. The van der Waals surface area contributed by atoms with Gasteiger partial charge in [-0.15, -0.1) is 0 Å². The normalized spacial score (nSPS) is 20.7. The van der Waals surface area contributed by atoms with Crippen LogP contribution >= 0.6 is 11.8 Å². The third kappa shape index (κ3) is 3.09. The van der Waals surface area contributed by atoms with Crippen LogP contribution < -0.4 is 4.90 Å². The van der Waals surface area contributed by atoms with Crippen LogP contribution in [0.5, 0.6) is 0 Å². The molecule has 26 heavy (non-hydrogen) atoms. The fourth-order valence-electron chi connectivity index (χ4n) is 3.53. The van der Waals surface area contributed by atoms with Gasteiger partial charge in [-0.3, -0.25) is 14.5 Å². The van der Waals surface area contributed by atoms with Gasteiger partial charge in [-0.1, -0.05) is 13.0 Å². The van der Waals surface area contributed by atoms with Gasteiger partial charge in [-0.2, -0.15) is 0 Å². The fraction of sp³-hybridized carbons (Fsp3) is 0.429. The summed E-state index contributed by atoms with van der Waals surface area (Å²) < 4.78 is 0. The van der Waals surface area contributed by atoms with E-state index in [1.807, 2.05) is 13.0 Å². The third-order valence-corrected chi connectivity index (χ3v) is 6.12. The van der Waals surface area contributed by atoms with Gasteiger partial charge in [0, 0.05) is 24.8 Å². The molecule has 0 spiro atoms. The lowest BCUT2D eigenvalue weighted by molar-refractivity contribution is -0.122. The minimum Gasteiger partial charge on any atom is -0.365 e. The first-order valence-electron chi connectivity index (χ1n) is 8.99. The van der Waals surface area contributed by atoms with Crippen molar-refractivity contribution < 1.29 is 9.59 Å². The second-order valence-electron chi connectivity index (χ2n) is 7.60. The quantitative estimate of drug-likeness (QED) is 0.696. The van der Waals surface area contributed by atoms with Gasteiger partial charge >= 0.3 is 0 Å². The van der Waals surface area contributed by atoms with Crippen LogP contribution in [0, 0.1) is 6.92 Å². The van der Waals surface area contributed by atoms with Crippen LogP contribution in [-0.2, 0) is 4.79 Å². The van der Waals surface area contributed by atoms with Crippen molar-refractivity contribution in [1.82, 2.24) is 4.90 Å². The number of carbonyl (C=O) groups is 2. The highest BCUT2D eigenvalue weighted by molar-refractivity contribution is 8.18. The van der Waals surface area contributed by atoms with Gasteiger partial charge in [0.25, 0.3) is 11.1 Å². The van der Waals surface area contributed by atoms with E-state index in [9.17, 15) is 9.59 Å². The van der Waals surface area contributed by atoms with E-state index in [1.54, 1.807) is 0 Å². The number of carbonyl (C=O) groups excluding carboxylic acids is 2. The summed E-state index contributed by atoms with van der Waals surface area (Å²) in [6.07, 6.45) is 4.90. The van der Waals surface area contributed by atoms with Gasteiger partial charge in [0.1, 0.15) is 0 Å². The highest BCUT2D eigenvalue weighted by atomic mass is 32.2. The Balaban J connectivity index is 2.03. The summed E-state index contributed by atoms with van der Waals surface area (Å²) in [5.41, 5.74) is 5.67. The van der Waals surface area contributed by atoms with Crippen molar-refractivity contribution in [1.29, 1.82) is 0 Å². The lowest BCUT2D eigenvalue weighted by Gasteiger charge is -2.41. The SMILES string of the molecule is CCCN1C(=O)S/C(=C/c2cc3c(cc2C)N(C)C(C)(C)C=C3C)C1=O. The molecule has 0 unspecified atom stereocenters. The molecule has 0 atom stereocenters. The Morgan fingerprint density at radius 2 is 1.88 bits per heavy atom. The zero-order valence-electron chi connectivity index (χ0n) is 16.3. The molecule has 0 bridgehead atoms. The summed E-state index contributed by atoms with van der Waals surface area (Å²) in [5, 5.41) is -0.170. The molecule has 5 heteroatoms. The van der Waals surface area contributed by atoms with E-state index in [4.69, 9.17) is 0 Å². The monoisotopic (exact) mass is 370 g/mol. The van der Waals surface area contributed by atoms with Gasteiger partial charge in [0.05, 0.1) is 10.4 Å². The average molecular weight is 371 g/mol. The number of benzene rings is 1. The van der Waals surface area contributed by atoms with E-state index in [0.717, 1.165) is 29.3 Å². The summed E-state index contributed by atoms with van der Waals surface area (Å²) in [6.45, 7) is 11.0. The van der Waals surface area contributed by atoms with Gasteiger partial charge in [0.15, 0.2) is 0 Å². The first-order valence-corrected chi connectivity index (χ1v) is 9.81. The summed E-state index contributed by atoms with van der Waals surface area (Å²) in [4.78, 5) is 28.7.